The predicted molar refractivity (Wildman–Crippen MR) is 52.3 cm³/mol. The molecule has 0 aromatic rings. The van der Waals surface area contributed by atoms with Crippen molar-refractivity contribution in [1.29, 1.82) is 5.26 Å². The van der Waals surface area contributed by atoms with Gasteiger partial charge in [0.15, 0.2) is 5.78 Å². The van der Waals surface area contributed by atoms with E-state index in [1.807, 2.05) is 19.9 Å². The fraction of sp³-hybridized carbons (Fsp3) is 0.778. The Morgan fingerprint density at radius 2 is 2.29 bits per heavy atom. The first-order valence-corrected chi connectivity index (χ1v) is 4.45. The molecular weight excluding hydrogens is 180 g/mol. The molecule has 0 N–H and O–H groups in total. The molecule has 0 saturated carbocycles. The zero-order valence-electron chi connectivity index (χ0n) is 8.53. The highest BCUT2D eigenvalue weighted by Crippen LogP contribution is 2.24. The second-order valence-electron chi connectivity index (χ2n) is 3.70. The van der Waals surface area contributed by atoms with Gasteiger partial charge < -0.3 is 0 Å². The minimum atomic E-state index is -0.485. The third-order valence-corrected chi connectivity index (χ3v) is 2.12. The second kappa shape index (κ2) is 6.01. The van der Waals surface area contributed by atoms with Gasteiger partial charge in [0, 0.05) is 16.9 Å². The standard InChI is InChI=1S/C9H14N4O/c1-9(2,8(14)4-6-10)5-3-7-12-13-11/h3-5,7H2,1-2H3. The number of ketones is 1. The zero-order valence-corrected chi connectivity index (χ0v) is 8.53. The van der Waals surface area contributed by atoms with Gasteiger partial charge in [0.2, 0.25) is 0 Å². The summed E-state index contributed by atoms with van der Waals surface area (Å²) in [6.45, 7) is 4.02. The van der Waals surface area contributed by atoms with Crippen LogP contribution < -0.4 is 0 Å². The van der Waals surface area contributed by atoms with Crippen LogP contribution in [0.5, 0.6) is 0 Å². The van der Waals surface area contributed by atoms with Crippen molar-refractivity contribution in [2.45, 2.75) is 33.1 Å². The maximum Gasteiger partial charge on any atom is 0.152 e. The van der Waals surface area contributed by atoms with Gasteiger partial charge in [0.05, 0.1) is 12.5 Å². The smallest absolute Gasteiger partial charge is 0.152 e. The van der Waals surface area contributed by atoms with Crippen molar-refractivity contribution in [1.82, 2.24) is 0 Å². The third kappa shape index (κ3) is 4.48. The summed E-state index contributed by atoms with van der Waals surface area (Å²) in [6.07, 6.45) is 1.27. The van der Waals surface area contributed by atoms with Crippen molar-refractivity contribution in [2.75, 3.05) is 6.54 Å². The van der Waals surface area contributed by atoms with Gasteiger partial charge >= 0.3 is 0 Å². The van der Waals surface area contributed by atoms with Gasteiger partial charge in [0.25, 0.3) is 0 Å². The molecule has 0 aromatic carbocycles. The molecule has 0 atom stereocenters. The van der Waals surface area contributed by atoms with E-state index in [0.717, 1.165) is 0 Å². The molecule has 14 heavy (non-hydrogen) atoms. The quantitative estimate of drug-likeness (QED) is 0.281. The van der Waals surface area contributed by atoms with Crippen molar-refractivity contribution >= 4 is 5.78 Å². The molecule has 0 aliphatic carbocycles. The van der Waals surface area contributed by atoms with Gasteiger partial charge in [-0.25, -0.2) is 0 Å². The molecule has 0 radical (unpaired) electrons. The molecule has 5 nitrogen and oxygen atoms in total. The fourth-order valence-corrected chi connectivity index (χ4v) is 1.09. The highest BCUT2D eigenvalue weighted by Gasteiger charge is 2.25. The molecule has 5 heteroatoms. The molecule has 0 rings (SSSR count). The molecule has 0 amide bonds. The second-order valence-corrected chi connectivity index (χ2v) is 3.70. The highest BCUT2D eigenvalue weighted by atomic mass is 16.1. The number of carbonyl (C=O) groups is 1. The van der Waals surface area contributed by atoms with Crippen molar-refractivity contribution < 1.29 is 4.79 Å². The lowest BCUT2D eigenvalue weighted by atomic mass is 9.82. The first-order valence-electron chi connectivity index (χ1n) is 4.45. The Balaban J connectivity index is 4.00. The molecule has 76 valence electrons. The Morgan fingerprint density at radius 1 is 1.64 bits per heavy atom. The van der Waals surface area contributed by atoms with E-state index < -0.39 is 5.41 Å². The average molecular weight is 194 g/mol. The molecule has 0 aliphatic rings. The van der Waals surface area contributed by atoms with Crippen LogP contribution in [0.25, 0.3) is 10.4 Å². The minimum absolute atomic E-state index is 0.0471. The average Bonchev–Trinajstić information content (AvgIpc) is 2.13. The van der Waals surface area contributed by atoms with Gasteiger partial charge in [-0.05, 0) is 18.4 Å². The Hall–Kier alpha value is -1.53. The summed E-state index contributed by atoms with van der Waals surface area (Å²) in [7, 11) is 0. The molecule has 0 spiro atoms. The van der Waals surface area contributed by atoms with Crippen LogP contribution >= 0.6 is 0 Å². The van der Waals surface area contributed by atoms with Gasteiger partial charge in [0.1, 0.15) is 0 Å². The normalized spacial score (nSPS) is 10.1. The van der Waals surface area contributed by atoms with Crippen molar-refractivity contribution in [3.63, 3.8) is 0 Å². The largest absolute Gasteiger partial charge is 0.298 e. The number of nitriles is 1. The van der Waals surface area contributed by atoms with E-state index >= 15 is 0 Å². The summed E-state index contributed by atoms with van der Waals surface area (Å²) >= 11 is 0. The monoisotopic (exact) mass is 194 g/mol. The Labute approximate surface area is 83.3 Å². The summed E-state index contributed by atoms with van der Waals surface area (Å²) in [5.41, 5.74) is 7.55. The van der Waals surface area contributed by atoms with Crippen LogP contribution in [0.1, 0.15) is 33.1 Å². The van der Waals surface area contributed by atoms with Crippen molar-refractivity contribution in [3.05, 3.63) is 10.4 Å². The summed E-state index contributed by atoms with van der Waals surface area (Å²) < 4.78 is 0. The Bertz CT molecular complexity index is 284. The molecular formula is C9H14N4O. The predicted octanol–water partition coefficient (Wildman–Crippen LogP) is 2.59. The molecule has 0 aliphatic heterocycles. The summed E-state index contributed by atoms with van der Waals surface area (Å²) in [4.78, 5) is 14.0. The molecule has 0 heterocycles. The van der Waals surface area contributed by atoms with E-state index in [1.54, 1.807) is 0 Å². The van der Waals surface area contributed by atoms with Crippen LogP contribution in [0.2, 0.25) is 0 Å². The number of nitrogens with zero attached hydrogens (tertiary/aromatic N) is 4. The maximum absolute atomic E-state index is 11.4. The lowest BCUT2D eigenvalue weighted by molar-refractivity contribution is -0.126. The molecule has 0 unspecified atom stereocenters. The van der Waals surface area contributed by atoms with Crippen LogP contribution in [0.15, 0.2) is 5.11 Å². The highest BCUT2D eigenvalue weighted by molar-refractivity contribution is 5.85. The van der Waals surface area contributed by atoms with Crippen LogP contribution in [0.4, 0.5) is 0 Å². The van der Waals surface area contributed by atoms with Crippen molar-refractivity contribution in [3.8, 4) is 6.07 Å². The van der Waals surface area contributed by atoms with Gasteiger partial charge in [-0.2, -0.15) is 5.26 Å². The number of carbonyl (C=O) groups excluding carboxylic acids is 1. The topological polar surface area (TPSA) is 89.6 Å². The lowest BCUT2D eigenvalue weighted by Gasteiger charge is -2.20. The maximum atomic E-state index is 11.4. The fourth-order valence-electron chi connectivity index (χ4n) is 1.09. The SMILES string of the molecule is CC(C)(CCCN=[N+]=[N-])C(=O)CC#N. The first-order chi connectivity index (χ1) is 6.54. The number of Topliss-reactive ketones (excluding diaryl/α,β-unsaturated/α-hetero) is 1. The Morgan fingerprint density at radius 3 is 2.79 bits per heavy atom. The van der Waals surface area contributed by atoms with Crippen LogP contribution in [-0.2, 0) is 4.79 Å². The molecule has 0 saturated heterocycles. The summed E-state index contributed by atoms with van der Waals surface area (Å²) in [5.74, 6) is -0.0547. The number of hydrogen-bond donors (Lipinski definition) is 0. The summed E-state index contributed by atoms with van der Waals surface area (Å²) in [5, 5.41) is 11.8. The molecule has 0 fully saturated rings. The van der Waals surface area contributed by atoms with Crippen molar-refractivity contribution in [2.24, 2.45) is 10.5 Å². The van der Waals surface area contributed by atoms with E-state index in [4.69, 9.17) is 10.8 Å². The van der Waals surface area contributed by atoms with E-state index in [2.05, 4.69) is 10.0 Å². The lowest BCUT2D eigenvalue weighted by Crippen LogP contribution is -2.23. The zero-order chi connectivity index (χ0) is 11.0. The molecule has 0 bridgehead atoms. The van der Waals surface area contributed by atoms with Gasteiger partial charge in [-0.3, -0.25) is 4.79 Å². The van der Waals surface area contributed by atoms with Crippen LogP contribution in [0.3, 0.4) is 0 Å². The van der Waals surface area contributed by atoms with E-state index in [1.165, 1.54) is 0 Å². The number of hydrogen-bond acceptors (Lipinski definition) is 3. The van der Waals surface area contributed by atoms with E-state index in [9.17, 15) is 4.79 Å². The first kappa shape index (κ1) is 12.5. The molecule has 0 aromatic heterocycles. The van der Waals surface area contributed by atoms with Crippen LogP contribution in [0, 0.1) is 16.7 Å². The van der Waals surface area contributed by atoms with Crippen LogP contribution in [-0.4, -0.2) is 12.3 Å². The minimum Gasteiger partial charge on any atom is -0.298 e. The number of azide groups is 1. The van der Waals surface area contributed by atoms with Gasteiger partial charge in [-0.15, -0.1) is 0 Å². The van der Waals surface area contributed by atoms with E-state index in [-0.39, 0.29) is 12.2 Å². The van der Waals surface area contributed by atoms with E-state index in [0.29, 0.717) is 19.4 Å². The summed E-state index contributed by atoms with van der Waals surface area (Å²) in [6, 6.07) is 1.84. The Kier molecular flexibility index (Phi) is 5.35. The third-order valence-electron chi connectivity index (χ3n) is 2.12. The number of rotatable bonds is 6. The van der Waals surface area contributed by atoms with Gasteiger partial charge in [-0.1, -0.05) is 19.0 Å².